The van der Waals surface area contributed by atoms with Gasteiger partial charge in [0.05, 0.1) is 60.4 Å². The molecule has 8 nitrogen and oxygen atoms in total. The van der Waals surface area contributed by atoms with Crippen LogP contribution in [-0.4, -0.2) is 87.8 Å². The molecule has 1 amide bonds. The molecule has 9 atom stereocenters. The van der Waals surface area contributed by atoms with E-state index in [-0.39, 0.29) is 41.9 Å². The van der Waals surface area contributed by atoms with Gasteiger partial charge >= 0.3 is 0 Å². The highest BCUT2D eigenvalue weighted by molar-refractivity contribution is 6.20. The van der Waals surface area contributed by atoms with Crippen LogP contribution in [0, 0.1) is 31.6 Å². The third-order valence-electron chi connectivity index (χ3n) is 11.5. The van der Waals surface area contributed by atoms with E-state index in [1.165, 1.54) is 25.7 Å². The van der Waals surface area contributed by atoms with Gasteiger partial charge in [0.2, 0.25) is 0 Å². The van der Waals surface area contributed by atoms with Gasteiger partial charge in [-0.2, -0.15) is 0 Å². The van der Waals surface area contributed by atoms with E-state index in [1.807, 2.05) is 10.8 Å². The Morgan fingerprint density at radius 2 is 1.74 bits per heavy atom. The Balaban J connectivity index is 1.22. The van der Waals surface area contributed by atoms with Crippen LogP contribution in [0.25, 0.3) is 11.0 Å². The molecule has 9 heteroatoms. The summed E-state index contributed by atoms with van der Waals surface area (Å²) >= 11 is 0. The molecule has 1 aromatic heterocycles. The minimum Gasteiger partial charge on any atom is -0.378 e. The van der Waals surface area contributed by atoms with Gasteiger partial charge in [0.15, 0.2) is 5.78 Å². The van der Waals surface area contributed by atoms with Crippen LogP contribution in [0.5, 0.6) is 0 Å². The van der Waals surface area contributed by atoms with Gasteiger partial charge in [0.1, 0.15) is 12.3 Å². The number of rotatable bonds is 2. The third-order valence-corrected chi connectivity index (χ3v) is 11.5. The Morgan fingerprint density at radius 3 is 2.52 bits per heavy atom. The molecule has 3 aliphatic heterocycles. The molecule has 3 aliphatic carbocycles. The maximum absolute atomic E-state index is 16.6. The van der Waals surface area contributed by atoms with Crippen molar-refractivity contribution in [1.29, 1.82) is 0 Å². The largest absolute Gasteiger partial charge is 0.378 e. The van der Waals surface area contributed by atoms with Gasteiger partial charge in [-0.1, -0.05) is 25.7 Å². The number of nitrogens with zero attached hydrogens (tertiary/aromatic N) is 4. The average molecular weight is 577 g/mol. The molecule has 42 heavy (non-hydrogen) atoms. The van der Waals surface area contributed by atoms with Crippen molar-refractivity contribution in [3.8, 4) is 0 Å². The predicted octanol–water partition coefficient (Wildman–Crippen LogP) is 4.28. The zero-order chi connectivity index (χ0) is 28.7. The van der Waals surface area contributed by atoms with Crippen molar-refractivity contribution in [3.05, 3.63) is 41.4 Å². The number of halogens is 1. The SMILES string of the molecule is Cc1cc2ncn(C3C(F)CC4C(=O)C(C(=O)N5CCOCC5)=CN5C6CC7CCCCC7CC6OC3C45)c2cc1C. The number of amides is 1. The van der Waals surface area contributed by atoms with E-state index < -0.39 is 24.2 Å². The smallest absolute Gasteiger partial charge is 0.259 e. The highest BCUT2D eigenvalue weighted by Crippen LogP contribution is 2.52. The molecule has 0 N–H and O–H groups in total. The van der Waals surface area contributed by atoms with Crippen LogP contribution in [-0.2, 0) is 19.1 Å². The van der Waals surface area contributed by atoms with Crippen LogP contribution in [0.15, 0.2) is 30.2 Å². The number of ether oxygens (including phenoxy) is 2. The topological polar surface area (TPSA) is 76.9 Å². The summed E-state index contributed by atoms with van der Waals surface area (Å²) in [5, 5.41) is 0. The Hall–Kier alpha value is -2.78. The van der Waals surface area contributed by atoms with E-state index in [2.05, 4.69) is 35.9 Å². The first-order valence-electron chi connectivity index (χ1n) is 16.0. The molecule has 8 rings (SSSR count). The molecule has 0 bridgehead atoms. The zero-order valence-electron chi connectivity index (χ0n) is 24.6. The fraction of sp³-hybridized carbons (Fsp3) is 0.667. The van der Waals surface area contributed by atoms with Crippen molar-refractivity contribution in [2.24, 2.45) is 17.8 Å². The molecule has 1 aromatic carbocycles. The van der Waals surface area contributed by atoms with Crippen molar-refractivity contribution in [2.45, 2.75) is 95.3 Å². The highest BCUT2D eigenvalue weighted by atomic mass is 19.1. The maximum atomic E-state index is 16.6. The van der Waals surface area contributed by atoms with Gasteiger partial charge in [-0.15, -0.1) is 0 Å². The number of imidazole rings is 1. The van der Waals surface area contributed by atoms with Gasteiger partial charge in [0, 0.05) is 25.2 Å². The fourth-order valence-electron chi connectivity index (χ4n) is 9.21. The first-order chi connectivity index (χ1) is 20.4. The molecule has 6 aliphatic rings. The second-order valence-electron chi connectivity index (χ2n) is 13.7. The molecule has 3 saturated carbocycles. The standard InChI is InChI=1S/C33H41FN4O4/c1-18-11-25-26(12-19(18)2)38(17-35-25)30-24(34)15-22-29-32(30)42-28-14-21-6-4-3-5-20(21)13-27(28)37(29)16-23(31(22)39)33(40)36-7-9-41-10-8-36/h11-12,16-17,20-22,24,27-30,32H,3-10,13-15H2,1-2H3. The summed E-state index contributed by atoms with van der Waals surface area (Å²) in [5.74, 6) is 0.182. The van der Waals surface area contributed by atoms with Crippen molar-refractivity contribution in [2.75, 3.05) is 26.3 Å². The number of alkyl halides is 1. The number of carbonyl (C=O) groups is 2. The number of fused-ring (bicyclic) bond motifs is 4. The summed E-state index contributed by atoms with van der Waals surface area (Å²) in [5.41, 5.74) is 4.25. The van der Waals surface area contributed by atoms with Gasteiger partial charge in [-0.05, 0) is 68.2 Å². The van der Waals surface area contributed by atoms with Gasteiger partial charge in [0.25, 0.3) is 5.91 Å². The molecule has 2 saturated heterocycles. The normalized spacial score (nSPS) is 38.0. The van der Waals surface area contributed by atoms with E-state index in [0.717, 1.165) is 35.0 Å². The van der Waals surface area contributed by atoms with E-state index >= 15 is 4.39 Å². The van der Waals surface area contributed by atoms with Gasteiger partial charge < -0.3 is 23.8 Å². The minimum absolute atomic E-state index is 0.0537. The fourth-order valence-corrected chi connectivity index (χ4v) is 9.21. The second kappa shape index (κ2) is 10.2. The highest BCUT2D eigenvalue weighted by Gasteiger charge is 2.60. The monoisotopic (exact) mass is 576 g/mol. The number of hydrogen-bond donors (Lipinski definition) is 0. The van der Waals surface area contributed by atoms with E-state index in [4.69, 9.17) is 9.47 Å². The summed E-state index contributed by atoms with van der Waals surface area (Å²) < 4.78 is 31.1. The van der Waals surface area contributed by atoms with E-state index in [9.17, 15) is 9.59 Å². The average Bonchev–Trinajstić information content (AvgIpc) is 3.39. The summed E-state index contributed by atoms with van der Waals surface area (Å²) in [6.45, 7) is 6.02. The summed E-state index contributed by atoms with van der Waals surface area (Å²) in [4.78, 5) is 36.5. The molecule has 0 radical (unpaired) electrons. The summed E-state index contributed by atoms with van der Waals surface area (Å²) in [7, 11) is 0. The van der Waals surface area contributed by atoms with E-state index in [0.29, 0.717) is 38.1 Å². The molecule has 4 heterocycles. The lowest BCUT2D eigenvalue weighted by Crippen LogP contribution is -2.70. The zero-order valence-corrected chi connectivity index (χ0v) is 24.6. The molecule has 0 spiro atoms. The van der Waals surface area contributed by atoms with Gasteiger partial charge in [-0.3, -0.25) is 9.59 Å². The van der Waals surface area contributed by atoms with Crippen molar-refractivity contribution in [1.82, 2.24) is 19.4 Å². The van der Waals surface area contributed by atoms with Crippen molar-refractivity contribution in [3.63, 3.8) is 0 Å². The third kappa shape index (κ3) is 4.09. The Labute approximate surface area is 246 Å². The summed E-state index contributed by atoms with van der Waals surface area (Å²) in [6, 6.07) is 3.35. The van der Waals surface area contributed by atoms with Crippen LogP contribution in [0.3, 0.4) is 0 Å². The molecule has 9 unspecified atom stereocenters. The minimum atomic E-state index is -1.30. The number of benzene rings is 1. The lowest BCUT2D eigenvalue weighted by atomic mass is 9.65. The van der Waals surface area contributed by atoms with Crippen LogP contribution in [0.2, 0.25) is 0 Å². The lowest BCUT2D eigenvalue weighted by molar-refractivity contribution is -0.213. The Morgan fingerprint density at radius 1 is 1.00 bits per heavy atom. The quantitative estimate of drug-likeness (QED) is 0.497. The number of carbonyl (C=O) groups excluding carboxylic acids is 2. The Bertz CT molecular complexity index is 1450. The number of aromatic nitrogens is 2. The number of Topliss-reactive ketones (excluding diaryl/α,β-unsaturated/α-hetero) is 1. The molecule has 5 fully saturated rings. The van der Waals surface area contributed by atoms with Crippen LogP contribution in [0.4, 0.5) is 4.39 Å². The number of aryl methyl sites for hydroxylation is 2. The van der Waals surface area contributed by atoms with Crippen molar-refractivity contribution < 1.29 is 23.5 Å². The maximum Gasteiger partial charge on any atom is 0.259 e. The summed E-state index contributed by atoms with van der Waals surface area (Å²) in [6.07, 6.45) is 8.78. The lowest BCUT2D eigenvalue weighted by Gasteiger charge is -2.61. The van der Waals surface area contributed by atoms with Crippen molar-refractivity contribution >= 4 is 22.7 Å². The second-order valence-corrected chi connectivity index (χ2v) is 13.7. The van der Waals surface area contributed by atoms with Crippen LogP contribution >= 0.6 is 0 Å². The van der Waals surface area contributed by atoms with Gasteiger partial charge in [-0.25, -0.2) is 9.37 Å². The first-order valence-corrected chi connectivity index (χ1v) is 16.0. The van der Waals surface area contributed by atoms with Crippen LogP contribution in [0.1, 0.15) is 62.1 Å². The number of ketones is 1. The molecular formula is C33H41FN4O4. The Kier molecular flexibility index (Phi) is 6.48. The van der Waals surface area contributed by atoms with E-state index in [1.54, 1.807) is 11.2 Å². The molecular weight excluding hydrogens is 535 g/mol. The molecule has 224 valence electrons. The number of morpholine rings is 2. The number of hydrogen-bond acceptors (Lipinski definition) is 6. The van der Waals surface area contributed by atoms with Crippen LogP contribution < -0.4 is 0 Å². The molecule has 2 aromatic rings. The predicted molar refractivity (Wildman–Crippen MR) is 154 cm³/mol. The first kappa shape index (κ1) is 26.8.